The summed E-state index contributed by atoms with van der Waals surface area (Å²) in [4.78, 5) is 0. The van der Waals surface area contributed by atoms with Gasteiger partial charge in [-0.25, -0.2) is 0 Å². The van der Waals surface area contributed by atoms with Crippen molar-refractivity contribution in [3.05, 3.63) is 0 Å². The van der Waals surface area contributed by atoms with Gasteiger partial charge in [-0.15, -0.1) is 23.5 Å². The molecule has 114 valence electrons. The molecule has 19 heavy (non-hydrogen) atoms. The van der Waals surface area contributed by atoms with Crippen molar-refractivity contribution in [2.24, 2.45) is 0 Å². The van der Waals surface area contributed by atoms with E-state index in [-0.39, 0.29) is 4.58 Å². The third kappa shape index (κ3) is 7.23. The first kappa shape index (κ1) is 17.6. The van der Waals surface area contributed by atoms with E-state index in [0.29, 0.717) is 13.2 Å². The van der Waals surface area contributed by atoms with E-state index < -0.39 is 12.4 Å². The van der Waals surface area contributed by atoms with Crippen LogP contribution < -0.4 is 0 Å². The zero-order valence-corrected chi connectivity index (χ0v) is 13.8. The molecule has 1 fully saturated rings. The number of aliphatic hydroxyl groups is 1. The molecule has 3 nitrogen and oxygen atoms in total. The lowest BCUT2D eigenvalue weighted by molar-refractivity contribution is -0.190. The molecule has 0 aromatic heterocycles. The van der Waals surface area contributed by atoms with Crippen molar-refractivity contribution in [2.75, 3.05) is 24.7 Å². The molecule has 1 heterocycles. The molecule has 0 saturated carbocycles. The van der Waals surface area contributed by atoms with Crippen molar-refractivity contribution in [3.63, 3.8) is 0 Å². The predicted octanol–water partition coefficient (Wildman–Crippen LogP) is 3.50. The van der Waals surface area contributed by atoms with Crippen LogP contribution in [0.2, 0.25) is 0 Å². The van der Waals surface area contributed by atoms with Crippen LogP contribution in [0.15, 0.2) is 0 Å². The molecule has 0 aromatic rings. The Morgan fingerprint density at radius 2 is 1.58 bits per heavy atom. The van der Waals surface area contributed by atoms with Gasteiger partial charge in [-0.3, -0.25) is 0 Å². The second-order valence-corrected chi connectivity index (χ2v) is 7.57. The first-order chi connectivity index (χ1) is 9.29. The van der Waals surface area contributed by atoms with E-state index in [4.69, 9.17) is 9.47 Å². The minimum absolute atomic E-state index is 0.196. The summed E-state index contributed by atoms with van der Waals surface area (Å²) in [5.41, 5.74) is 0. The van der Waals surface area contributed by atoms with Crippen molar-refractivity contribution < 1.29 is 14.6 Å². The summed E-state index contributed by atoms with van der Waals surface area (Å²) < 4.78 is 11.7. The topological polar surface area (TPSA) is 38.7 Å². The fourth-order valence-corrected chi connectivity index (χ4v) is 4.65. The summed E-state index contributed by atoms with van der Waals surface area (Å²) >= 11 is 3.66. The fourth-order valence-electron chi connectivity index (χ4n) is 1.76. The van der Waals surface area contributed by atoms with Crippen molar-refractivity contribution in [2.45, 2.75) is 62.9 Å². The first-order valence-corrected chi connectivity index (χ1v) is 9.53. The molecule has 0 amide bonds. The highest BCUT2D eigenvalue weighted by Gasteiger charge is 2.31. The lowest BCUT2D eigenvalue weighted by Crippen LogP contribution is -2.39. The van der Waals surface area contributed by atoms with Crippen LogP contribution in [0.3, 0.4) is 0 Å². The molecule has 0 bridgehead atoms. The number of ether oxygens (including phenoxy) is 2. The van der Waals surface area contributed by atoms with Gasteiger partial charge in [0.15, 0.2) is 6.29 Å². The highest BCUT2D eigenvalue weighted by molar-refractivity contribution is 8.17. The zero-order chi connectivity index (χ0) is 13.9. The van der Waals surface area contributed by atoms with E-state index in [9.17, 15) is 5.11 Å². The van der Waals surface area contributed by atoms with E-state index in [2.05, 4.69) is 13.8 Å². The van der Waals surface area contributed by atoms with Crippen LogP contribution in [0, 0.1) is 0 Å². The van der Waals surface area contributed by atoms with Gasteiger partial charge >= 0.3 is 0 Å². The van der Waals surface area contributed by atoms with Gasteiger partial charge in [0.25, 0.3) is 0 Å². The predicted molar refractivity (Wildman–Crippen MR) is 84.8 cm³/mol. The smallest absolute Gasteiger partial charge is 0.185 e. The van der Waals surface area contributed by atoms with Crippen molar-refractivity contribution in [3.8, 4) is 0 Å². The van der Waals surface area contributed by atoms with Gasteiger partial charge in [0.2, 0.25) is 0 Å². The van der Waals surface area contributed by atoms with Gasteiger partial charge < -0.3 is 14.6 Å². The van der Waals surface area contributed by atoms with Crippen LogP contribution in [0.4, 0.5) is 0 Å². The summed E-state index contributed by atoms with van der Waals surface area (Å²) in [5, 5.41) is 10.4. The Bertz CT molecular complexity index is 201. The Morgan fingerprint density at radius 3 is 2.05 bits per heavy atom. The molecule has 1 saturated heterocycles. The Morgan fingerprint density at radius 1 is 1.05 bits per heavy atom. The lowest BCUT2D eigenvalue weighted by Gasteiger charge is -2.31. The lowest BCUT2D eigenvalue weighted by atomic mass is 10.3. The van der Waals surface area contributed by atoms with Crippen LogP contribution in [-0.4, -0.2) is 46.8 Å². The number of hydrogen-bond acceptors (Lipinski definition) is 5. The van der Waals surface area contributed by atoms with Crippen LogP contribution >= 0.6 is 23.5 Å². The van der Waals surface area contributed by atoms with E-state index in [1.165, 1.54) is 6.42 Å². The normalized spacial score (nSPS) is 18.9. The van der Waals surface area contributed by atoms with Crippen LogP contribution in [0.25, 0.3) is 0 Å². The van der Waals surface area contributed by atoms with E-state index in [1.54, 1.807) is 0 Å². The van der Waals surface area contributed by atoms with Crippen LogP contribution in [0.5, 0.6) is 0 Å². The van der Waals surface area contributed by atoms with Crippen LogP contribution in [0.1, 0.15) is 46.0 Å². The minimum Gasteiger partial charge on any atom is -0.386 e. The number of unbranched alkanes of at least 4 members (excludes halogenated alkanes) is 2. The number of hydrogen-bond donors (Lipinski definition) is 1. The Labute approximate surface area is 126 Å². The van der Waals surface area contributed by atoms with Gasteiger partial charge in [-0.2, -0.15) is 0 Å². The van der Waals surface area contributed by atoms with Crippen molar-refractivity contribution >= 4 is 23.5 Å². The van der Waals surface area contributed by atoms with Gasteiger partial charge in [0.1, 0.15) is 6.10 Å². The average Bonchev–Trinajstić information content (AvgIpc) is 2.46. The molecule has 1 rings (SSSR count). The second kappa shape index (κ2) is 11.3. The third-order valence-electron chi connectivity index (χ3n) is 2.97. The summed E-state index contributed by atoms with van der Waals surface area (Å²) in [7, 11) is 0. The monoisotopic (exact) mass is 308 g/mol. The maximum Gasteiger partial charge on any atom is 0.185 e. The van der Waals surface area contributed by atoms with Crippen molar-refractivity contribution in [1.29, 1.82) is 0 Å². The number of rotatable bonds is 10. The molecule has 1 atom stereocenters. The Kier molecular flexibility index (Phi) is 10.5. The molecular formula is C14H28O3S2. The number of aliphatic hydroxyl groups excluding tert-OH is 1. The highest BCUT2D eigenvalue weighted by Crippen LogP contribution is 2.34. The SMILES string of the molecule is CCCCOC(OCCCC)C(O)C1SCCCS1. The summed E-state index contributed by atoms with van der Waals surface area (Å²) in [6.45, 7) is 5.62. The largest absolute Gasteiger partial charge is 0.386 e. The Hall–Kier alpha value is 0.580. The average molecular weight is 309 g/mol. The maximum atomic E-state index is 10.4. The molecule has 1 unspecified atom stereocenters. The number of thioether (sulfide) groups is 2. The zero-order valence-electron chi connectivity index (χ0n) is 12.2. The molecule has 1 N–H and O–H groups in total. The molecule has 1 aliphatic heterocycles. The third-order valence-corrected chi connectivity index (χ3v) is 6.05. The summed E-state index contributed by atoms with van der Waals surface area (Å²) in [6.07, 6.45) is 4.49. The fraction of sp³-hybridized carbons (Fsp3) is 1.00. The molecule has 0 aromatic carbocycles. The van der Waals surface area contributed by atoms with Crippen LogP contribution in [-0.2, 0) is 9.47 Å². The minimum atomic E-state index is -0.524. The Balaban J connectivity index is 2.39. The quantitative estimate of drug-likeness (QED) is 0.494. The molecule has 1 aliphatic rings. The van der Waals surface area contributed by atoms with E-state index >= 15 is 0 Å². The second-order valence-electron chi connectivity index (χ2n) is 4.77. The first-order valence-electron chi connectivity index (χ1n) is 7.44. The van der Waals surface area contributed by atoms with E-state index in [0.717, 1.165) is 37.2 Å². The summed E-state index contributed by atoms with van der Waals surface area (Å²) in [6, 6.07) is 0. The molecular weight excluding hydrogens is 280 g/mol. The van der Waals surface area contributed by atoms with Crippen molar-refractivity contribution in [1.82, 2.24) is 0 Å². The summed E-state index contributed by atoms with van der Waals surface area (Å²) in [5.74, 6) is 2.26. The maximum absolute atomic E-state index is 10.4. The molecule has 5 heteroatoms. The van der Waals surface area contributed by atoms with E-state index in [1.807, 2.05) is 23.5 Å². The van der Waals surface area contributed by atoms with Gasteiger partial charge in [0, 0.05) is 13.2 Å². The van der Waals surface area contributed by atoms with Gasteiger partial charge in [-0.1, -0.05) is 26.7 Å². The standard InChI is InChI=1S/C14H28O3S2/c1-3-5-8-16-13(17-9-6-4-2)12(15)14-18-10-7-11-19-14/h12-15H,3-11H2,1-2H3. The molecule has 0 spiro atoms. The van der Waals surface area contributed by atoms with Gasteiger partial charge in [-0.05, 0) is 30.8 Å². The highest BCUT2D eigenvalue weighted by atomic mass is 32.2. The molecule has 0 aliphatic carbocycles. The van der Waals surface area contributed by atoms with Gasteiger partial charge in [0.05, 0.1) is 4.58 Å². The molecule has 0 radical (unpaired) electrons.